The van der Waals surface area contributed by atoms with Gasteiger partial charge in [-0.25, -0.2) is 0 Å². The van der Waals surface area contributed by atoms with Gasteiger partial charge in [0.15, 0.2) is 0 Å². The van der Waals surface area contributed by atoms with Gasteiger partial charge in [-0.05, 0) is 100 Å². The molecule has 0 bridgehead atoms. The molecule has 0 unspecified atom stereocenters. The second kappa shape index (κ2) is 11.8. The van der Waals surface area contributed by atoms with E-state index >= 15 is 0 Å². The molecule has 48 heavy (non-hydrogen) atoms. The zero-order chi connectivity index (χ0) is 31.9. The van der Waals surface area contributed by atoms with Crippen LogP contribution in [0.4, 0.5) is 0 Å². The summed E-state index contributed by atoms with van der Waals surface area (Å²) >= 11 is 0. The van der Waals surface area contributed by atoms with E-state index in [2.05, 4.69) is 194 Å². The van der Waals surface area contributed by atoms with Gasteiger partial charge in [0.1, 0.15) is 0 Å². The highest BCUT2D eigenvalue weighted by atomic mass is 14.2. The van der Waals surface area contributed by atoms with Gasteiger partial charge in [0.2, 0.25) is 0 Å². The SMILES string of the molecule is c1ccc(-c2cccc(-c3ccc(-c4cccc5ccccc45)cc3-c3c4ccccc4c(-c4ccccc4)c4ccccc34)c2)cc1. The van der Waals surface area contributed by atoms with Crippen molar-refractivity contribution in [3.05, 3.63) is 194 Å². The van der Waals surface area contributed by atoms with Crippen LogP contribution in [0, 0.1) is 0 Å². The summed E-state index contributed by atoms with van der Waals surface area (Å²) in [5.41, 5.74) is 12.3. The average Bonchev–Trinajstić information content (AvgIpc) is 3.17. The molecule has 0 amide bonds. The van der Waals surface area contributed by atoms with Crippen molar-refractivity contribution in [3.63, 3.8) is 0 Å². The van der Waals surface area contributed by atoms with Crippen molar-refractivity contribution in [1.82, 2.24) is 0 Å². The molecule has 0 nitrogen and oxygen atoms in total. The van der Waals surface area contributed by atoms with Crippen LogP contribution in [0.15, 0.2) is 194 Å². The van der Waals surface area contributed by atoms with Crippen LogP contribution in [-0.4, -0.2) is 0 Å². The Labute approximate surface area is 281 Å². The van der Waals surface area contributed by atoms with Gasteiger partial charge in [-0.1, -0.05) is 182 Å². The molecule has 0 aliphatic carbocycles. The fourth-order valence-corrected chi connectivity index (χ4v) is 7.48. The van der Waals surface area contributed by atoms with Gasteiger partial charge in [0.05, 0.1) is 0 Å². The summed E-state index contributed by atoms with van der Waals surface area (Å²) in [5, 5.41) is 7.54. The highest BCUT2D eigenvalue weighted by Gasteiger charge is 2.20. The monoisotopic (exact) mass is 608 g/mol. The molecule has 0 radical (unpaired) electrons. The van der Waals surface area contributed by atoms with E-state index < -0.39 is 0 Å². The second-order valence-electron chi connectivity index (χ2n) is 12.4. The highest BCUT2D eigenvalue weighted by molar-refractivity contribution is 6.22. The first-order valence-corrected chi connectivity index (χ1v) is 16.6. The van der Waals surface area contributed by atoms with Gasteiger partial charge in [-0.2, -0.15) is 0 Å². The molecule has 0 fully saturated rings. The van der Waals surface area contributed by atoms with E-state index in [1.54, 1.807) is 0 Å². The summed E-state index contributed by atoms with van der Waals surface area (Å²) in [6.45, 7) is 0. The minimum Gasteiger partial charge on any atom is -0.0622 e. The largest absolute Gasteiger partial charge is 0.0622 e. The molecule has 0 heterocycles. The maximum atomic E-state index is 2.43. The Kier molecular flexibility index (Phi) is 6.91. The summed E-state index contributed by atoms with van der Waals surface area (Å²) < 4.78 is 0. The average molecular weight is 609 g/mol. The van der Waals surface area contributed by atoms with Gasteiger partial charge in [0.25, 0.3) is 0 Å². The lowest BCUT2D eigenvalue weighted by Crippen LogP contribution is -1.94. The summed E-state index contributed by atoms with van der Waals surface area (Å²) in [7, 11) is 0. The maximum absolute atomic E-state index is 2.43. The number of benzene rings is 9. The molecule has 9 aromatic rings. The molecule has 0 heteroatoms. The Morgan fingerprint density at radius 3 is 1.38 bits per heavy atom. The Morgan fingerprint density at radius 2 is 0.688 bits per heavy atom. The normalized spacial score (nSPS) is 11.3. The standard InChI is InChI=1S/C48H32/c1-3-15-33(16-4-1)36-21-13-22-37(31-36)41-30-29-38(40-28-14-20-34-17-7-8-23-39(34)40)32-46(41)48-44-26-11-9-24-42(44)47(35-18-5-2-6-19-35)43-25-10-12-27-45(43)48/h1-32H. The van der Waals surface area contributed by atoms with E-state index in [4.69, 9.17) is 0 Å². The van der Waals surface area contributed by atoms with Crippen LogP contribution in [0.25, 0.3) is 88.0 Å². The predicted molar refractivity (Wildman–Crippen MR) is 206 cm³/mol. The molecular weight excluding hydrogens is 577 g/mol. The van der Waals surface area contributed by atoms with Crippen molar-refractivity contribution in [2.24, 2.45) is 0 Å². The first-order valence-electron chi connectivity index (χ1n) is 16.6. The second-order valence-corrected chi connectivity index (χ2v) is 12.4. The van der Waals surface area contributed by atoms with Crippen LogP contribution in [0.5, 0.6) is 0 Å². The quantitative estimate of drug-likeness (QED) is 0.171. The van der Waals surface area contributed by atoms with E-state index in [0.29, 0.717) is 0 Å². The van der Waals surface area contributed by atoms with Crippen molar-refractivity contribution in [3.8, 4) is 55.6 Å². The van der Waals surface area contributed by atoms with Gasteiger partial charge >= 0.3 is 0 Å². The fourth-order valence-electron chi connectivity index (χ4n) is 7.48. The number of fused-ring (bicyclic) bond motifs is 3. The summed E-state index contributed by atoms with van der Waals surface area (Å²) in [5.74, 6) is 0. The minimum atomic E-state index is 1.20. The topological polar surface area (TPSA) is 0 Å². The van der Waals surface area contributed by atoms with Crippen molar-refractivity contribution >= 4 is 32.3 Å². The molecule has 0 saturated carbocycles. The summed E-state index contributed by atoms with van der Waals surface area (Å²) in [6.07, 6.45) is 0. The molecule has 0 aromatic heterocycles. The Hall–Kier alpha value is -6.24. The lowest BCUT2D eigenvalue weighted by Gasteiger charge is -2.21. The Morgan fingerprint density at radius 1 is 0.208 bits per heavy atom. The van der Waals surface area contributed by atoms with Crippen molar-refractivity contribution in [1.29, 1.82) is 0 Å². The number of rotatable bonds is 5. The lowest BCUT2D eigenvalue weighted by atomic mass is 9.82. The van der Waals surface area contributed by atoms with Crippen LogP contribution in [0.3, 0.4) is 0 Å². The molecule has 9 aromatic carbocycles. The third kappa shape index (κ3) is 4.78. The zero-order valence-electron chi connectivity index (χ0n) is 26.5. The Bertz CT molecular complexity index is 2530. The molecule has 9 rings (SSSR count). The molecule has 224 valence electrons. The molecular formula is C48H32. The molecule has 0 atom stereocenters. The lowest BCUT2D eigenvalue weighted by molar-refractivity contribution is 1.57. The summed E-state index contributed by atoms with van der Waals surface area (Å²) in [4.78, 5) is 0. The molecule has 0 aliphatic heterocycles. The summed E-state index contributed by atoms with van der Waals surface area (Å²) in [6, 6.07) is 70.8. The van der Waals surface area contributed by atoms with Gasteiger partial charge in [-0.3, -0.25) is 0 Å². The molecule has 0 spiro atoms. The first kappa shape index (κ1) is 28.0. The van der Waals surface area contributed by atoms with E-state index in [9.17, 15) is 0 Å². The van der Waals surface area contributed by atoms with E-state index in [1.165, 1.54) is 88.0 Å². The smallest absolute Gasteiger partial charge is 0.00199 e. The number of hydrogen-bond acceptors (Lipinski definition) is 0. The number of hydrogen-bond donors (Lipinski definition) is 0. The van der Waals surface area contributed by atoms with Crippen LogP contribution >= 0.6 is 0 Å². The van der Waals surface area contributed by atoms with Gasteiger partial charge in [-0.15, -0.1) is 0 Å². The highest BCUT2D eigenvalue weighted by Crippen LogP contribution is 2.47. The third-order valence-corrected chi connectivity index (χ3v) is 9.66. The van der Waals surface area contributed by atoms with Crippen LogP contribution in [-0.2, 0) is 0 Å². The van der Waals surface area contributed by atoms with Gasteiger partial charge < -0.3 is 0 Å². The van der Waals surface area contributed by atoms with Crippen molar-refractivity contribution in [2.45, 2.75) is 0 Å². The maximum Gasteiger partial charge on any atom is -0.00199 e. The van der Waals surface area contributed by atoms with Crippen molar-refractivity contribution in [2.75, 3.05) is 0 Å². The zero-order valence-corrected chi connectivity index (χ0v) is 26.5. The molecule has 0 N–H and O–H groups in total. The van der Waals surface area contributed by atoms with Crippen LogP contribution < -0.4 is 0 Å². The first-order chi connectivity index (χ1) is 23.8. The van der Waals surface area contributed by atoms with Crippen LogP contribution in [0.2, 0.25) is 0 Å². The van der Waals surface area contributed by atoms with E-state index in [-0.39, 0.29) is 0 Å². The molecule has 0 saturated heterocycles. The third-order valence-electron chi connectivity index (χ3n) is 9.66. The van der Waals surface area contributed by atoms with Crippen LogP contribution in [0.1, 0.15) is 0 Å². The van der Waals surface area contributed by atoms with Crippen molar-refractivity contribution < 1.29 is 0 Å². The predicted octanol–water partition coefficient (Wildman–Crippen LogP) is 13.5. The minimum absolute atomic E-state index is 1.20. The van der Waals surface area contributed by atoms with E-state index in [1.807, 2.05) is 0 Å². The Balaban J connectivity index is 1.39. The fraction of sp³-hybridized carbons (Fsp3) is 0. The molecule has 0 aliphatic rings. The van der Waals surface area contributed by atoms with E-state index in [0.717, 1.165) is 0 Å². The van der Waals surface area contributed by atoms with Gasteiger partial charge in [0, 0.05) is 0 Å².